The smallest absolute Gasteiger partial charge is 0.166 e. The van der Waals surface area contributed by atoms with Crippen LogP contribution in [0.3, 0.4) is 0 Å². The van der Waals surface area contributed by atoms with Gasteiger partial charge in [-0.25, -0.2) is 8.42 Å². The Bertz CT molecular complexity index is 613. The molecule has 20 heavy (non-hydrogen) atoms. The molecule has 1 aromatic rings. The lowest BCUT2D eigenvalue weighted by molar-refractivity contribution is 0.0893. The highest BCUT2D eigenvalue weighted by Gasteiger charge is 2.46. The highest BCUT2D eigenvalue weighted by Crippen LogP contribution is 2.40. The fraction of sp³-hybridized carbons (Fsp3) is 0.562. The second-order valence-electron chi connectivity index (χ2n) is 6.11. The van der Waals surface area contributed by atoms with Gasteiger partial charge in [-0.3, -0.25) is 4.79 Å². The summed E-state index contributed by atoms with van der Waals surface area (Å²) in [5.41, 5.74) is 1.74. The van der Waals surface area contributed by atoms with E-state index in [-0.39, 0.29) is 22.2 Å². The summed E-state index contributed by atoms with van der Waals surface area (Å²) < 4.78 is 24.5. The Hall–Kier alpha value is -1.16. The molecule has 108 valence electrons. The van der Waals surface area contributed by atoms with Crippen LogP contribution in [0.5, 0.6) is 0 Å². The van der Waals surface area contributed by atoms with E-state index in [1.807, 2.05) is 31.2 Å². The molecule has 2 saturated heterocycles. The van der Waals surface area contributed by atoms with Crippen LogP contribution < -0.4 is 0 Å². The molecule has 2 atom stereocenters. The van der Waals surface area contributed by atoms with Crippen molar-refractivity contribution in [2.45, 2.75) is 49.5 Å². The zero-order chi connectivity index (χ0) is 14.3. The highest BCUT2D eigenvalue weighted by atomic mass is 32.2. The quantitative estimate of drug-likeness (QED) is 0.788. The van der Waals surface area contributed by atoms with Gasteiger partial charge >= 0.3 is 0 Å². The molecule has 1 aromatic carbocycles. The predicted molar refractivity (Wildman–Crippen MR) is 78.6 cm³/mol. The summed E-state index contributed by atoms with van der Waals surface area (Å²) in [6, 6.07) is 7.59. The molecule has 3 rings (SSSR count). The fourth-order valence-corrected chi connectivity index (χ4v) is 6.23. The van der Waals surface area contributed by atoms with E-state index in [0.717, 1.165) is 30.4 Å². The molecule has 2 aliphatic rings. The normalized spacial score (nSPS) is 31.8. The maximum atomic E-state index is 12.7. The summed E-state index contributed by atoms with van der Waals surface area (Å²) in [4.78, 5) is 12.7. The molecule has 0 radical (unpaired) electrons. The van der Waals surface area contributed by atoms with Crippen molar-refractivity contribution in [1.82, 2.24) is 0 Å². The molecule has 2 unspecified atom stereocenters. The largest absolute Gasteiger partial charge is 0.294 e. The van der Waals surface area contributed by atoms with Crippen molar-refractivity contribution < 1.29 is 13.2 Å². The van der Waals surface area contributed by atoms with E-state index in [2.05, 4.69) is 0 Å². The average molecular weight is 292 g/mol. The standard InChI is InChI=1S/C16H20O3S/c1-11-5-2-3-8-15(11)16(17)12-9-13-6-4-7-14(10-12)20(13,18)19/h2-3,5,8,12-14H,4,6-7,9-10H2,1H3. The number of benzene rings is 1. The number of Topliss-reactive ketones (excluding diaryl/α,β-unsaturated/α-hetero) is 1. The Labute approximate surface area is 120 Å². The van der Waals surface area contributed by atoms with Gasteiger partial charge in [0.05, 0.1) is 10.5 Å². The lowest BCUT2D eigenvalue weighted by atomic mass is 9.83. The second-order valence-corrected chi connectivity index (χ2v) is 8.62. The third-order valence-electron chi connectivity index (χ3n) is 4.86. The Morgan fingerprint density at radius 2 is 1.70 bits per heavy atom. The number of carbonyl (C=O) groups is 1. The van der Waals surface area contributed by atoms with Crippen LogP contribution in [0.1, 0.15) is 48.0 Å². The number of hydrogen-bond donors (Lipinski definition) is 0. The minimum absolute atomic E-state index is 0.116. The molecule has 2 heterocycles. The van der Waals surface area contributed by atoms with E-state index >= 15 is 0 Å². The maximum absolute atomic E-state index is 12.7. The zero-order valence-corrected chi connectivity index (χ0v) is 12.5. The van der Waals surface area contributed by atoms with Crippen LogP contribution in [0, 0.1) is 12.8 Å². The number of sulfone groups is 1. The van der Waals surface area contributed by atoms with Gasteiger partial charge in [0.1, 0.15) is 0 Å². The molecule has 4 heteroatoms. The Morgan fingerprint density at radius 3 is 2.30 bits per heavy atom. The number of aryl methyl sites for hydroxylation is 1. The average Bonchev–Trinajstić information content (AvgIpc) is 2.37. The van der Waals surface area contributed by atoms with E-state index in [1.165, 1.54) is 0 Å². The number of carbonyl (C=O) groups excluding carboxylic acids is 1. The molecular weight excluding hydrogens is 272 g/mol. The van der Waals surface area contributed by atoms with Gasteiger partial charge in [-0.2, -0.15) is 0 Å². The highest BCUT2D eigenvalue weighted by molar-refractivity contribution is 7.92. The fourth-order valence-electron chi connectivity index (χ4n) is 3.69. The van der Waals surface area contributed by atoms with Crippen LogP contribution in [0.15, 0.2) is 24.3 Å². The summed E-state index contributed by atoms with van der Waals surface area (Å²) in [7, 11) is -2.98. The third kappa shape index (κ3) is 2.20. The molecular formula is C16H20O3S. The zero-order valence-electron chi connectivity index (χ0n) is 11.7. The first-order valence-electron chi connectivity index (χ1n) is 7.32. The van der Waals surface area contributed by atoms with Gasteiger partial charge in [0.15, 0.2) is 15.6 Å². The van der Waals surface area contributed by atoms with Crippen LogP contribution in [0.25, 0.3) is 0 Å². The van der Waals surface area contributed by atoms with Crippen molar-refractivity contribution in [3.63, 3.8) is 0 Å². The van der Waals surface area contributed by atoms with Crippen LogP contribution in [0.4, 0.5) is 0 Å². The van der Waals surface area contributed by atoms with Gasteiger partial charge in [0, 0.05) is 11.5 Å². The van der Waals surface area contributed by atoms with Gasteiger partial charge < -0.3 is 0 Å². The van der Waals surface area contributed by atoms with Gasteiger partial charge in [0.25, 0.3) is 0 Å². The molecule has 3 nitrogen and oxygen atoms in total. The maximum Gasteiger partial charge on any atom is 0.166 e. The van der Waals surface area contributed by atoms with E-state index in [1.54, 1.807) is 0 Å². The molecule has 2 fully saturated rings. The number of hydrogen-bond acceptors (Lipinski definition) is 3. The molecule has 2 bridgehead atoms. The van der Waals surface area contributed by atoms with E-state index in [4.69, 9.17) is 0 Å². The number of ketones is 1. The van der Waals surface area contributed by atoms with E-state index < -0.39 is 9.84 Å². The summed E-state index contributed by atoms with van der Waals surface area (Å²) in [6.45, 7) is 1.94. The molecule has 0 N–H and O–H groups in total. The van der Waals surface area contributed by atoms with E-state index in [0.29, 0.717) is 12.8 Å². The number of rotatable bonds is 2. The first-order valence-corrected chi connectivity index (χ1v) is 8.93. The summed E-state index contributed by atoms with van der Waals surface area (Å²) in [5.74, 6) is 0.0184. The lowest BCUT2D eigenvalue weighted by Crippen LogP contribution is -2.45. The van der Waals surface area contributed by atoms with Crippen LogP contribution in [0.2, 0.25) is 0 Å². The van der Waals surface area contributed by atoms with Crippen molar-refractivity contribution in [2.24, 2.45) is 5.92 Å². The second kappa shape index (κ2) is 4.99. The topological polar surface area (TPSA) is 51.2 Å². The Kier molecular flexibility index (Phi) is 3.44. The van der Waals surface area contributed by atoms with Crippen molar-refractivity contribution in [2.75, 3.05) is 0 Å². The third-order valence-corrected chi connectivity index (χ3v) is 7.57. The SMILES string of the molecule is Cc1ccccc1C(=O)C1CC2CCCC(C1)S2(=O)=O. The molecule has 0 aromatic heterocycles. The van der Waals surface area contributed by atoms with Crippen molar-refractivity contribution in [3.05, 3.63) is 35.4 Å². The summed E-state index contributed by atoms with van der Waals surface area (Å²) in [5, 5.41) is -0.569. The molecule has 2 aliphatic heterocycles. The Morgan fingerprint density at radius 1 is 1.10 bits per heavy atom. The van der Waals surface area contributed by atoms with Crippen molar-refractivity contribution >= 4 is 15.6 Å². The minimum Gasteiger partial charge on any atom is -0.294 e. The monoisotopic (exact) mass is 292 g/mol. The molecule has 0 saturated carbocycles. The van der Waals surface area contributed by atoms with Gasteiger partial charge in [0.2, 0.25) is 0 Å². The van der Waals surface area contributed by atoms with Gasteiger partial charge in [-0.05, 0) is 38.2 Å². The van der Waals surface area contributed by atoms with Crippen molar-refractivity contribution in [1.29, 1.82) is 0 Å². The molecule has 0 spiro atoms. The molecule has 0 amide bonds. The number of fused-ring (bicyclic) bond motifs is 2. The van der Waals surface area contributed by atoms with Crippen LogP contribution >= 0.6 is 0 Å². The Balaban J connectivity index is 1.87. The van der Waals surface area contributed by atoms with Gasteiger partial charge in [-0.15, -0.1) is 0 Å². The minimum atomic E-state index is -2.98. The predicted octanol–water partition coefficient (Wildman–Crippen LogP) is 2.92. The van der Waals surface area contributed by atoms with E-state index in [9.17, 15) is 13.2 Å². The first kappa shape index (κ1) is 13.8. The van der Waals surface area contributed by atoms with Crippen LogP contribution in [-0.2, 0) is 9.84 Å². The van der Waals surface area contributed by atoms with Gasteiger partial charge in [-0.1, -0.05) is 30.7 Å². The summed E-state index contributed by atoms with van der Waals surface area (Å²) in [6.07, 6.45) is 3.49. The van der Waals surface area contributed by atoms with Crippen LogP contribution in [-0.4, -0.2) is 24.7 Å². The van der Waals surface area contributed by atoms with Crippen molar-refractivity contribution in [3.8, 4) is 0 Å². The summed E-state index contributed by atoms with van der Waals surface area (Å²) >= 11 is 0. The lowest BCUT2D eigenvalue weighted by Gasteiger charge is -2.38. The molecule has 0 aliphatic carbocycles. The first-order chi connectivity index (χ1) is 9.50.